The van der Waals surface area contributed by atoms with Crippen molar-refractivity contribution in [1.82, 2.24) is 0 Å². The standard InChI is InChI=1S/C15H22O4/c1-11(14(16)17)8-9-19-15(18)12(2)10-13-6-4-3-5-7-13/h8,10,13H,3-7,9H2,1-2H3,(H,16,17). The predicted octanol–water partition coefficient (Wildman–Crippen LogP) is 3.09. The van der Waals surface area contributed by atoms with Gasteiger partial charge in [0.2, 0.25) is 0 Å². The number of hydrogen-bond acceptors (Lipinski definition) is 3. The fourth-order valence-electron chi connectivity index (χ4n) is 2.17. The molecule has 1 saturated carbocycles. The Balaban J connectivity index is 2.41. The van der Waals surface area contributed by atoms with Crippen LogP contribution < -0.4 is 0 Å². The average Bonchev–Trinajstić information content (AvgIpc) is 2.39. The van der Waals surface area contributed by atoms with Gasteiger partial charge in [0.25, 0.3) is 0 Å². The molecule has 1 rings (SSSR count). The molecule has 0 aliphatic heterocycles. The quantitative estimate of drug-likeness (QED) is 0.613. The molecule has 1 N–H and O–H groups in total. The molecular formula is C15H22O4. The molecule has 0 aromatic carbocycles. The summed E-state index contributed by atoms with van der Waals surface area (Å²) in [7, 11) is 0. The van der Waals surface area contributed by atoms with Crippen LogP contribution in [0.2, 0.25) is 0 Å². The Morgan fingerprint density at radius 1 is 1.16 bits per heavy atom. The van der Waals surface area contributed by atoms with Crippen LogP contribution in [0, 0.1) is 5.92 Å². The molecule has 0 amide bonds. The first-order chi connectivity index (χ1) is 9.00. The summed E-state index contributed by atoms with van der Waals surface area (Å²) in [5, 5.41) is 8.65. The van der Waals surface area contributed by atoms with Crippen LogP contribution in [0.1, 0.15) is 46.0 Å². The number of carboxylic acid groups (broad SMARTS) is 1. The van der Waals surface area contributed by atoms with E-state index < -0.39 is 5.97 Å². The number of carbonyl (C=O) groups excluding carboxylic acids is 1. The van der Waals surface area contributed by atoms with Crippen molar-refractivity contribution < 1.29 is 19.4 Å². The number of ether oxygens (including phenoxy) is 1. The monoisotopic (exact) mass is 266 g/mol. The van der Waals surface area contributed by atoms with Gasteiger partial charge in [0, 0.05) is 11.1 Å². The van der Waals surface area contributed by atoms with Gasteiger partial charge in [-0.2, -0.15) is 0 Å². The lowest BCUT2D eigenvalue weighted by Gasteiger charge is -2.18. The molecule has 4 nitrogen and oxygen atoms in total. The number of rotatable bonds is 5. The third-order valence-corrected chi connectivity index (χ3v) is 3.40. The van der Waals surface area contributed by atoms with Gasteiger partial charge in [-0.15, -0.1) is 0 Å². The molecule has 106 valence electrons. The minimum Gasteiger partial charge on any atom is -0.478 e. The third-order valence-electron chi connectivity index (χ3n) is 3.40. The molecule has 1 aliphatic rings. The summed E-state index contributed by atoms with van der Waals surface area (Å²) in [5.74, 6) is -0.872. The molecular weight excluding hydrogens is 244 g/mol. The van der Waals surface area contributed by atoms with Crippen molar-refractivity contribution in [1.29, 1.82) is 0 Å². The lowest BCUT2D eigenvalue weighted by molar-refractivity contribution is -0.138. The number of carboxylic acids is 1. The SMILES string of the molecule is CC(=CCOC(=O)C(C)=CC1CCCCC1)C(=O)O. The predicted molar refractivity (Wildman–Crippen MR) is 72.7 cm³/mol. The van der Waals surface area contributed by atoms with Crippen molar-refractivity contribution in [2.75, 3.05) is 6.61 Å². The number of hydrogen-bond donors (Lipinski definition) is 1. The summed E-state index contributed by atoms with van der Waals surface area (Å²) in [4.78, 5) is 22.3. The lowest BCUT2D eigenvalue weighted by atomic mass is 9.88. The Morgan fingerprint density at radius 3 is 2.37 bits per heavy atom. The van der Waals surface area contributed by atoms with Crippen molar-refractivity contribution in [2.45, 2.75) is 46.0 Å². The number of allylic oxidation sites excluding steroid dienone is 1. The first kappa shape index (κ1) is 15.5. The van der Waals surface area contributed by atoms with E-state index in [0.717, 1.165) is 12.8 Å². The Kier molecular flexibility index (Phi) is 6.33. The second-order valence-electron chi connectivity index (χ2n) is 5.04. The van der Waals surface area contributed by atoms with E-state index in [1.165, 1.54) is 32.3 Å². The Labute approximate surface area is 114 Å². The van der Waals surface area contributed by atoms with Crippen LogP contribution in [0.15, 0.2) is 23.3 Å². The maximum atomic E-state index is 11.7. The highest BCUT2D eigenvalue weighted by Gasteiger charge is 2.13. The summed E-state index contributed by atoms with van der Waals surface area (Å²) in [6.07, 6.45) is 9.41. The molecule has 0 unspecified atom stereocenters. The van der Waals surface area contributed by atoms with Gasteiger partial charge in [-0.05, 0) is 38.7 Å². The van der Waals surface area contributed by atoms with E-state index in [1.807, 2.05) is 6.08 Å². The Bertz CT molecular complexity index is 387. The van der Waals surface area contributed by atoms with E-state index in [2.05, 4.69) is 0 Å². The van der Waals surface area contributed by atoms with Crippen molar-refractivity contribution >= 4 is 11.9 Å². The average molecular weight is 266 g/mol. The number of aliphatic carboxylic acids is 1. The zero-order valence-corrected chi connectivity index (χ0v) is 11.6. The van der Waals surface area contributed by atoms with Crippen molar-refractivity contribution in [3.63, 3.8) is 0 Å². The molecule has 1 aliphatic carbocycles. The first-order valence-corrected chi connectivity index (χ1v) is 6.76. The topological polar surface area (TPSA) is 63.6 Å². The van der Waals surface area contributed by atoms with Gasteiger partial charge in [-0.1, -0.05) is 25.3 Å². The smallest absolute Gasteiger partial charge is 0.333 e. The van der Waals surface area contributed by atoms with Gasteiger partial charge in [-0.3, -0.25) is 0 Å². The highest BCUT2D eigenvalue weighted by molar-refractivity contribution is 5.88. The molecule has 0 bridgehead atoms. The minimum atomic E-state index is -0.995. The summed E-state index contributed by atoms with van der Waals surface area (Å²) in [5.41, 5.74) is 0.801. The van der Waals surface area contributed by atoms with Gasteiger partial charge in [0.15, 0.2) is 0 Å². The van der Waals surface area contributed by atoms with Crippen molar-refractivity contribution in [2.24, 2.45) is 5.92 Å². The van der Waals surface area contributed by atoms with E-state index in [4.69, 9.17) is 9.84 Å². The van der Waals surface area contributed by atoms with Crippen molar-refractivity contribution in [3.05, 3.63) is 23.3 Å². The van der Waals surface area contributed by atoms with E-state index in [-0.39, 0.29) is 18.1 Å². The molecule has 0 atom stereocenters. The summed E-state index contributed by atoms with van der Waals surface area (Å²) in [6, 6.07) is 0. The second-order valence-corrected chi connectivity index (χ2v) is 5.04. The molecule has 0 radical (unpaired) electrons. The highest BCUT2D eigenvalue weighted by Crippen LogP contribution is 2.25. The van der Waals surface area contributed by atoms with Gasteiger partial charge >= 0.3 is 11.9 Å². The Morgan fingerprint density at radius 2 is 1.79 bits per heavy atom. The van der Waals surface area contributed by atoms with Gasteiger partial charge in [0.1, 0.15) is 6.61 Å². The van der Waals surface area contributed by atoms with E-state index in [1.54, 1.807) is 6.92 Å². The van der Waals surface area contributed by atoms with Crippen LogP contribution in [-0.4, -0.2) is 23.7 Å². The van der Waals surface area contributed by atoms with Crippen LogP contribution in [0.5, 0.6) is 0 Å². The molecule has 19 heavy (non-hydrogen) atoms. The van der Waals surface area contributed by atoms with Gasteiger partial charge < -0.3 is 9.84 Å². The third kappa shape index (κ3) is 5.73. The van der Waals surface area contributed by atoms with Crippen LogP contribution in [-0.2, 0) is 14.3 Å². The molecule has 0 spiro atoms. The molecule has 4 heteroatoms. The number of esters is 1. The molecule has 0 aromatic rings. The first-order valence-electron chi connectivity index (χ1n) is 6.76. The lowest BCUT2D eigenvalue weighted by Crippen LogP contribution is -2.10. The van der Waals surface area contributed by atoms with E-state index in [0.29, 0.717) is 11.5 Å². The minimum absolute atomic E-state index is 0.00676. The van der Waals surface area contributed by atoms with Crippen LogP contribution in [0.4, 0.5) is 0 Å². The van der Waals surface area contributed by atoms with E-state index in [9.17, 15) is 9.59 Å². The fraction of sp³-hybridized carbons (Fsp3) is 0.600. The summed E-state index contributed by atoms with van der Waals surface area (Å²) >= 11 is 0. The summed E-state index contributed by atoms with van der Waals surface area (Å²) in [6.45, 7) is 3.23. The highest BCUT2D eigenvalue weighted by atomic mass is 16.5. The molecule has 1 fully saturated rings. The zero-order valence-electron chi connectivity index (χ0n) is 11.6. The van der Waals surface area contributed by atoms with Crippen molar-refractivity contribution in [3.8, 4) is 0 Å². The van der Waals surface area contributed by atoms with Crippen LogP contribution >= 0.6 is 0 Å². The zero-order chi connectivity index (χ0) is 14.3. The Hall–Kier alpha value is -1.58. The van der Waals surface area contributed by atoms with Gasteiger partial charge in [-0.25, -0.2) is 9.59 Å². The molecule has 0 aromatic heterocycles. The van der Waals surface area contributed by atoms with E-state index >= 15 is 0 Å². The molecule has 0 heterocycles. The second kappa shape index (κ2) is 7.77. The van der Waals surface area contributed by atoms with Gasteiger partial charge in [0.05, 0.1) is 0 Å². The normalized spacial score (nSPS) is 18.2. The maximum absolute atomic E-state index is 11.7. The molecule has 0 saturated heterocycles. The largest absolute Gasteiger partial charge is 0.478 e. The maximum Gasteiger partial charge on any atom is 0.333 e. The van der Waals surface area contributed by atoms with Crippen LogP contribution in [0.3, 0.4) is 0 Å². The van der Waals surface area contributed by atoms with Crippen LogP contribution in [0.25, 0.3) is 0 Å². The number of carbonyl (C=O) groups is 2. The fourth-order valence-corrected chi connectivity index (χ4v) is 2.17. The summed E-state index contributed by atoms with van der Waals surface area (Å²) < 4.78 is 5.02.